The summed E-state index contributed by atoms with van der Waals surface area (Å²) in [6.07, 6.45) is 3.17. The van der Waals surface area contributed by atoms with E-state index in [0.29, 0.717) is 6.42 Å². The monoisotopic (exact) mass is 156 g/mol. The smallest absolute Gasteiger partial charge is 0.129 e. The van der Waals surface area contributed by atoms with Gasteiger partial charge in [0.25, 0.3) is 0 Å². The summed E-state index contributed by atoms with van der Waals surface area (Å²) in [6.45, 7) is 5.36. The van der Waals surface area contributed by atoms with Crippen LogP contribution in [0.1, 0.15) is 40.0 Å². The molecule has 0 bridgehead atoms. The average Bonchev–Trinajstić information content (AvgIpc) is 1.87. The van der Waals surface area contributed by atoms with Gasteiger partial charge in [-0.3, -0.25) is 0 Å². The van der Waals surface area contributed by atoms with E-state index in [1.54, 1.807) is 6.92 Å². The molecule has 0 saturated heterocycles. The van der Waals surface area contributed by atoms with Gasteiger partial charge in [0.05, 0.1) is 0 Å². The van der Waals surface area contributed by atoms with Crippen molar-refractivity contribution >= 4 is 12.1 Å². The van der Waals surface area contributed by atoms with Crippen LogP contribution in [0.2, 0.25) is 0 Å². The van der Waals surface area contributed by atoms with E-state index in [9.17, 15) is 9.59 Å². The lowest BCUT2D eigenvalue weighted by molar-refractivity contribution is -0.118. The van der Waals surface area contributed by atoms with E-state index in [2.05, 4.69) is 0 Å². The SMILES string of the molecule is CC(=O)CCCC(C)(C)C=O. The Labute approximate surface area is 68.0 Å². The van der Waals surface area contributed by atoms with Crippen LogP contribution >= 0.6 is 0 Å². The molecule has 0 aliphatic rings. The van der Waals surface area contributed by atoms with Gasteiger partial charge in [0, 0.05) is 11.8 Å². The van der Waals surface area contributed by atoms with E-state index < -0.39 is 0 Å². The van der Waals surface area contributed by atoms with Crippen LogP contribution in [-0.2, 0) is 9.59 Å². The zero-order valence-corrected chi connectivity index (χ0v) is 7.52. The molecule has 0 N–H and O–H groups in total. The fraction of sp³-hybridized carbons (Fsp3) is 0.778. The molecule has 2 nitrogen and oxygen atoms in total. The number of ketones is 1. The van der Waals surface area contributed by atoms with E-state index in [-0.39, 0.29) is 11.2 Å². The number of rotatable bonds is 5. The molecule has 0 heterocycles. The fourth-order valence-corrected chi connectivity index (χ4v) is 0.852. The van der Waals surface area contributed by atoms with Crippen LogP contribution < -0.4 is 0 Å². The largest absolute Gasteiger partial charge is 0.303 e. The Hall–Kier alpha value is -0.660. The fourth-order valence-electron chi connectivity index (χ4n) is 0.852. The Kier molecular flexibility index (Phi) is 4.01. The van der Waals surface area contributed by atoms with Crippen LogP contribution in [0.4, 0.5) is 0 Å². The van der Waals surface area contributed by atoms with Gasteiger partial charge < -0.3 is 9.59 Å². The quantitative estimate of drug-likeness (QED) is 0.570. The van der Waals surface area contributed by atoms with Crippen LogP contribution in [0.15, 0.2) is 0 Å². The first-order valence-corrected chi connectivity index (χ1v) is 3.94. The standard InChI is InChI=1S/C9H16O2/c1-8(11)5-4-6-9(2,3)7-10/h7H,4-6H2,1-3H3. The van der Waals surface area contributed by atoms with Crippen molar-refractivity contribution in [1.29, 1.82) is 0 Å². The molecular weight excluding hydrogens is 140 g/mol. The van der Waals surface area contributed by atoms with Gasteiger partial charge in [0.15, 0.2) is 0 Å². The van der Waals surface area contributed by atoms with Gasteiger partial charge in [-0.15, -0.1) is 0 Å². The number of carbonyl (C=O) groups excluding carboxylic acids is 2. The first kappa shape index (κ1) is 10.3. The molecule has 0 aromatic heterocycles. The zero-order chi connectivity index (χ0) is 8.91. The normalized spacial score (nSPS) is 11.2. The minimum absolute atomic E-state index is 0.201. The molecule has 0 fully saturated rings. The number of hydrogen-bond donors (Lipinski definition) is 0. The second kappa shape index (κ2) is 4.27. The average molecular weight is 156 g/mol. The summed E-state index contributed by atoms with van der Waals surface area (Å²) in [5.41, 5.74) is -0.255. The molecule has 64 valence electrons. The minimum atomic E-state index is -0.255. The molecule has 0 atom stereocenters. The molecule has 0 aliphatic heterocycles. The van der Waals surface area contributed by atoms with E-state index in [4.69, 9.17) is 0 Å². The van der Waals surface area contributed by atoms with Crippen LogP contribution in [0, 0.1) is 5.41 Å². The van der Waals surface area contributed by atoms with Gasteiger partial charge in [0.2, 0.25) is 0 Å². The molecule has 0 spiro atoms. The highest BCUT2D eigenvalue weighted by atomic mass is 16.1. The predicted molar refractivity (Wildman–Crippen MR) is 44.4 cm³/mol. The highest BCUT2D eigenvalue weighted by Crippen LogP contribution is 2.19. The molecule has 11 heavy (non-hydrogen) atoms. The third kappa shape index (κ3) is 5.77. The van der Waals surface area contributed by atoms with Gasteiger partial charge >= 0.3 is 0 Å². The van der Waals surface area contributed by atoms with Crippen molar-refractivity contribution in [2.24, 2.45) is 5.41 Å². The predicted octanol–water partition coefficient (Wildman–Crippen LogP) is 1.97. The molecule has 2 heteroatoms. The summed E-state index contributed by atoms with van der Waals surface area (Å²) in [6, 6.07) is 0. The number of aldehydes is 1. The lowest BCUT2D eigenvalue weighted by atomic mass is 9.89. The maximum atomic E-state index is 10.5. The molecule has 0 saturated carbocycles. The van der Waals surface area contributed by atoms with Crippen LogP contribution in [-0.4, -0.2) is 12.1 Å². The van der Waals surface area contributed by atoms with Gasteiger partial charge in [-0.1, -0.05) is 13.8 Å². The van der Waals surface area contributed by atoms with Crippen LogP contribution in [0.3, 0.4) is 0 Å². The first-order valence-electron chi connectivity index (χ1n) is 3.94. The van der Waals surface area contributed by atoms with Gasteiger partial charge in [-0.2, -0.15) is 0 Å². The van der Waals surface area contributed by atoms with Crippen LogP contribution in [0.25, 0.3) is 0 Å². The first-order chi connectivity index (χ1) is 4.98. The van der Waals surface area contributed by atoms with Crippen molar-refractivity contribution < 1.29 is 9.59 Å². The van der Waals surface area contributed by atoms with Crippen LogP contribution in [0.5, 0.6) is 0 Å². The Morgan fingerprint density at radius 1 is 1.45 bits per heavy atom. The lowest BCUT2D eigenvalue weighted by Crippen LogP contribution is -2.12. The topological polar surface area (TPSA) is 34.1 Å². The molecule has 0 aliphatic carbocycles. The van der Waals surface area contributed by atoms with Gasteiger partial charge in [-0.25, -0.2) is 0 Å². The Morgan fingerprint density at radius 2 is 2.00 bits per heavy atom. The van der Waals surface area contributed by atoms with E-state index in [1.165, 1.54) is 0 Å². The number of hydrogen-bond acceptors (Lipinski definition) is 2. The molecule has 0 amide bonds. The third-order valence-corrected chi connectivity index (χ3v) is 1.67. The second-order valence-corrected chi connectivity index (χ2v) is 3.66. The molecule has 0 unspecified atom stereocenters. The van der Waals surface area contributed by atoms with Crippen molar-refractivity contribution in [3.05, 3.63) is 0 Å². The van der Waals surface area contributed by atoms with Crippen molar-refractivity contribution in [3.8, 4) is 0 Å². The van der Waals surface area contributed by atoms with E-state index in [0.717, 1.165) is 19.1 Å². The summed E-state index contributed by atoms with van der Waals surface area (Å²) < 4.78 is 0. The highest BCUT2D eigenvalue weighted by Gasteiger charge is 2.15. The summed E-state index contributed by atoms with van der Waals surface area (Å²) in [4.78, 5) is 20.9. The Bertz CT molecular complexity index is 148. The second-order valence-electron chi connectivity index (χ2n) is 3.66. The van der Waals surface area contributed by atoms with Gasteiger partial charge in [-0.05, 0) is 19.8 Å². The Morgan fingerprint density at radius 3 is 2.36 bits per heavy atom. The zero-order valence-electron chi connectivity index (χ0n) is 7.52. The summed E-state index contributed by atoms with van der Waals surface area (Å²) in [5, 5.41) is 0. The maximum absolute atomic E-state index is 10.5. The van der Waals surface area contributed by atoms with Gasteiger partial charge in [0.1, 0.15) is 12.1 Å². The highest BCUT2D eigenvalue weighted by molar-refractivity contribution is 5.75. The van der Waals surface area contributed by atoms with Crippen molar-refractivity contribution in [2.75, 3.05) is 0 Å². The van der Waals surface area contributed by atoms with Crippen molar-refractivity contribution in [1.82, 2.24) is 0 Å². The van der Waals surface area contributed by atoms with Crippen molar-refractivity contribution in [3.63, 3.8) is 0 Å². The third-order valence-electron chi connectivity index (χ3n) is 1.67. The molecule has 0 radical (unpaired) electrons. The summed E-state index contributed by atoms with van der Waals surface area (Å²) >= 11 is 0. The number of Topliss-reactive ketones (excluding diaryl/α,β-unsaturated/α-hetero) is 1. The molecular formula is C9H16O2. The van der Waals surface area contributed by atoms with Crippen molar-refractivity contribution in [2.45, 2.75) is 40.0 Å². The van der Waals surface area contributed by atoms with E-state index >= 15 is 0 Å². The molecule has 0 aromatic rings. The maximum Gasteiger partial charge on any atom is 0.129 e. The lowest BCUT2D eigenvalue weighted by Gasteiger charge is -2.14. The Balaban J connectivity index is 3.53. The minimum Gasteiger partial charge on any atom is -0.303 e. The molecule has 0 rings (SSSR count). The number of carbonyl (C=O) groups is 2. The molecule has 0 aromatic carbocycles. The summed E-state index contributed by atoms with van der Waals surface area (Å²) in [7, 11) is 0. The van der Waals surface area contributed by atoms with E-state index in [1.807, 2.05) is 13.8 Å². The summed E-state index contributed by atoms with van der Waals surface area (Å²) in [5.74, 6) is 0.201.